The number of aryl methyl sites for hydroxylation is 2. The highest BCUT2D eigenvalue weighted by Crippen LogP contribution is 2.15. The summed E-state index contributed by atoms with van der Waals surface area (Å²) in [6, 6.07) is 1.93. The summed E-state index contributed by atoms with van der Waals surface area (Å²) in [5, 5.41) is 9.00. The minimum Gasteiger partial charge on any atom is -0.347 e. The van der Waals surface area contributed by atoms with E-state index in [0.717, 1.165) is 16.1 Å². The van der Waals surface area contributed by atoms with Gasteiger partial charge >= 0.3 is 0 Å². The number of hydrogen-bond donors (Lipinski definition) is 2. The Balaban J connectivity index is 2.04. The highest BCUT2D eigenvalue weighted by Gasteiger charge is 2.12. The van der Waals surface area contributed by atoms with Crippen LogP contribution in [0.25, 0.3) is 0 Å². The summed E-state index contributed by atoms with van der Waals surface area (Å²) in [5.74, 6) is 5.70. The molecule has 0 saturated carbocycles. The summed E-state index contributed by atoms with van der Waals surface area (Å²) in [4.78, 5) is 13.1. The number of aromatic nitrogens is 2. The van der Waals surface area contributed by atoms with Crippen LogP contribution in [0, 0.1) is 18.8 Å². The lowest BCUT2D eigenvalue weighted by molar-refractivity contribution is 0.0950. The van der Waals surface area contributed by atoms with Crippen molar-refractivity contribution in [2.45, 2.75) is 13.5 Å². The molecule has 0 aromatic carbocycles. The first-order valence-corrected chi connectivity index (χ1v) is 7.03. The fourth-order valence-electron chi connectivity index (χ4n) is 1.81. The number of amides is 1. The lowest BCUT2D eigenvalue weighted by atomic mass is 10.2. The van der Waals surface area contributed by atoms with Gasteiger partial charge in [0.15, 0.2) is 0 Å². The molecule has 0 spiro atoms. The van der Waals surface area contributed by atoms with Crippen molar-refractivity contribution >= 4 is 17.2 Å². The third-order valence-corrected chi connectivity index (χ3v) is 3.66. The number of carbonyl (C=O) groups excluding carboxylic acids is 1. The lowest BCUT2D eigenvalue weighted by Crippen LogP contribution is -2.23. The molecule has 20 heavy (non-hydrogen) atoms. The molecule has 1 amide bonds. The van der Waals surface area contributed by atoms with E-state index in [4.69, 9.17) is 5.73 Å². The predicted octanol–water partition coefficient (Wildman–Crippen LogP) is 1.03. The van der Waals surface area contributed by atoms with Gasteiger partial charge in [-0.15, -0.1) is 11.3 Å². The second-order valence-electron chi connectivity index (χ2n) is 4.25. The summed E-state index contributed by atoms with van der Waals surface area (Å²) in [5.41, 5.74) is 7.60. The Labute approximate surface area is 121 Å². The van der Waals surface area contributed by atoms with Crippen LogP contribution in [0.3, 0.4) is 0 Å². The number of nitrogens with two attached hydrogens (primary N) is 1. The highest BCUT2D eigenvalue weighted by atomic mass is 32.1. The smallest absolute Gasteiger partial charge is 0.255 e. The van der Waals surface area contributed by atoms with E-state index in [1.165, 1.54) is 0 Å². The molecule has 0 fully saturated rings. The third-order valence-electron chi connectivity index (χ3n) is 2.74. The van der Waals surface area contributed by atoms with Gasteiger partial charge in [-0.05, 0) is 18.4 Å². The number of nitrogens with one attached hydrogen (secondary N) is 1. The monoisotopic (exact) mass is 288 g/mol. The average molecular weight is 288 g/mol. The standard InChI is InChI=1S/C14H16N4OS/c1-10-12(9-18(2)17-10)14(19)16-8-13-11(4-3-6-15)5-7-20-13/h5,7,9H,6,8,15H2,1-2H3,(H,16,19). The quantitative estimate of drug-likeness (QED) is 0.829. The maximum Gasteiger partial charge on any atom is 0.255 e. The van der Waals surface area contributed by atoms with E-state index in [1.54, 1.807) is 29.3 Å². The van der Waals surface area contributed by atoms with Crippen LogP contribution in [0.1, 0.15) is 26.5 Å². The summed E-state index contributed by atoms with van der Waals surface area (Å²) < 4.78 is 1.63. The second kappa shape index (κ2) is 6.37. The van der Waals surface area contributed by atoms with Crippen LogP contribution in [-0.2, 0) is 13.6 Å². The Morgan fingerprint density at radius 2 is 2.40 bits per heavy atom. The Morgan fingerprint density at radius 3 is 3.05 bits per heavy atom. The highest BCUT2D eigenvalue weighted by molar-refractivity contribution is 7.10. The topological polar surface area (TPSA) is 72.9 Å². The van der Waals surface area contributed by atoms with Crippen LogP contribution in [0.4, 0.5) is 0 Å². The van der Waals surface area contributed by atoms with E-state index in [2.05, 4.69) is 22.3 Å². The van der Waals surface area contributed by atoms with Crippen molar-refractivity contribution in [1.82, 2.24) is 15.1 Å². The molecule has 0 unspecified atom stereocenters. The van der Waals surface area contributed by atoms with Gasteiger partial charge in [-0.2, -0.15) is 5.10 Å². The molecule has 2 aromatic rings. The van der Waals surface area contributed by atoms with E-state index in [-0.39, 0.29) is 5.91 Å². The zero-order valence-corrected chi connectivity index (χ0v) is 12.3. The van der Waals surface area contributed by atoms with E-state index >= 15 is 0 Å². The van der Waals surface area contributed by atoms with Crippen molar-refractivity contribution in [2.24, 2.45) is 12.8 Å². The Morgan fingerprint density at radius 1 is 1.60 bits per heavy atom. The SMILES string of the molecule is Cc1nn(C)cc1C(=O)NCc1sccc1C#CCN. The molecule has 5 nitrogen and oxygen atoms in total. The van der Waals surface area contributed by atoms with Crippen LogP contribution >= 0.6 is 11.3 Å². The second-order valence-corrected chi connectivity index (χ2v) is 5.25. The van der Waals surface area contributed by atoms with Gasteiger partial charge in [-0.1, -0.05) is 11.8 Å². The van der Waals surface area contributed by atoms with E-state index < -0.39 is 0 Å². The zero-order valence-electron chi connectivity index (χ0n) is 11.4. The molecule has 0 saturated heterocycles. The lowest BCUT2D eigenvalue weighted by Gasteiger charge is -2.03. The predicted molar refractivity (Wildman–Crippen MR) is 79.4 cm³/mol. The van der Waals surface area contributed by atoms with Crippen molar-refractivity contribution < 1.29 is 4.79 Å². The minimum atomic E-state index is -0.123. The molecule has 3 N–H and O–H groups in total. The van der Waals surface area contributed by atoms with Gasteiger partial charge in [-0.25, -0.2) is 0 Å². The van der Waals surface area contributed by atoms with Gasteiger partial charge in [-0.3, -0.25) is 9.48 Å². The summed E-state index contributed by atoms with van der Waals surface area (Å²) >= 11 is 1.57. The molecule has 2 aromatic heterocycles. The van der Waals surface area contributed by atoms with Crippen LogP contribution in [0.2, 0.25) is 0 Å². The molecule has 6 heteroatoms. The normalized spacial score (nSPS) is 9.95. The van der Waals surface area contributed by atoms with Crippen molar-refractivity contribution in [3.63, 3.8) is 0 Å². The minimum absolute atomic E-state index is 0.123. The van der Waals surface area contributed by atoms with Crippen LogP contribution in [0.5, 0.6) is 0 Å². The summed E-state index contributed by atoms with van der Waals surface area (Å²) in [6.45, 7) is 2.61. The molecular formula is C14H16N4OS. The largest absolute Gasteiger partial charge is 0.347 e. The maximum atomic E-state index is 12.1. The van der Waals surface area contributed by atoms with Crippen LogP contribution in [-0.4, -0.2) is 22.2 Å². The van der Waals surface area contributed by atoms with Crippen LogP contribution < -0.4 is 11.1 Å². The van der Waals surface area contributed by atoms with Gasteiger partial charge in [0, 0.05) is 23.7 Å². The molecule has 0 aliphatic carbocycles. The first-order chi connectivity index (χ1) is 9.61. The average Bonchev–Trinajstić information content (AvgIpc) is 2.99. The molecule has 0 aliphatic rings. The van der Waals surface area contributed by atoms with E-state index in [9.17, 15) is 4.79 Å². The van der Waals surface area contributed by atoms with Crippen molar-refractivity contribution in [3.8, 4) is 11.8 Å². The van der Waals surface area contributed by atoms with Gasteiger partial charge in [0.1, 0.15) is 0 Å². The van der Waals surface area contributed by atoms with E-state index in [1.807, 2.05) is 18.4 Å². The Bertz CT molecular complexity index is 675. The summed E-state index contributed by atoms with van der Waals surface area (Å²) in [7, 11) is 1.80. The molecule has 0 radical (unpaired) electrons. The van der Waals surface area contributed by atoms with Gasteiger partial charge in [0.2, 0.25) is 0 Å². The molecule has 0 aliphatic heterocycles. The summed E-state index contributed by atoms with van der Waals surface area (Å²) in [6.07, 6.45) is 1.72. The van der Waals surface area contributed by atoms with Gasteiger partial charge < -0.3 is 11.1 Å². The Hall–Kier alpha value is -2.10. The Kier molecular flexibility index (Phi) is 4.56. The number of nitrogens with zero attached hydrogens (tertiary/aromatic N) is 2. The molecule has 2 heterocycles. The maximum absolute atomic E-state index is 12.1. The number of thiophene rings is 1. The molecule has 104 valence electrons. The van der Waals surface area contributed by atoms with Crippen molar-refractivity contribution in [2.75, 3.05) is 6.54 Å². The molecule has 2 rings (SSSR count). The number of rotatable bonds is 3. The van der Waals surface area contributed by atoms with E-state index in [0.29, 0.717) is 18.7 Å². The molecule has 0 bridgehead atoms. The molecule has 0 atom stereocenters. The number of carbonyl (C=O) groups is 1. The third kappa shape index (κ3) is 3.26. The first-order valence-electron chi connectivity index (χ1n) is 6.15. The zero-order chi connectivity index (χ0) is 14.5. The van der Waals surface area contributed by atoms with Gasteiger partial charge in [0.05, 0.1) is 24.3 Å². The fourth-order valence-corrected chi connectivity index (χ4v) is 2.58. The van der Waals surface area contributed by atoms with Crippen molar-refractivity contribution in [1.29, 1.82) is 0 Å². The van der Waals surface area contributed by atoms with Crippen molar-refractivity contribution in [3.05, 3.63) is 39.3 Å². The fraction of sp³-hybridized carbons (Fsp3) is 0.286. The first kappa shape index (κ1) is 14.3. The van der Waals surface area contributed by atoms with Gasteiger partial charge in [0.25, 0.3) is 5.91 Å². The van der Waals surface area contributed by atoms with Crippen LogP contribution in [0.15, 0.2) is 17.6 Å². The molecular weight excluding hydrogens is 272 g/mol. The number of hydrogen-bond acceptors (Lipinski definition) is 4.